The molecule has 62 valence electrons. The van der Waals surface area contributed by atoms with Gasteiger partial charge in [0.05, 0.1) is 0 Å². The third kappa shape index (κ3) is 1.61. The Morgan fingerprint density at radius 3 is 2.36 bits per heavy atom. The van der Waals surface area contributed by atoms with Crippen LogP contribution in [0.5, 0.6) is 0 Å². The maximum absolute atomic E-state index is 11.8. The Balaban J connectivity index is 2.61. The van der Waals surface area contributed by atoms with Crippen LogP contribution in [0, 0.1) is 0 Å². The van der Waals surface area contributed by atoms with Gasteiger partial charge in [-0.3, -0.25) is 4.99 Å². The summed E-state index contributed by atoms with van der Waals surface area (Å²) in [6, 6.07) is -3.46. The Morgan fingerprint density at radius 1 is 1.36 bits per heavy atom. The molecule has 2 atom stereocenters. The molecule has 0 spiro atoms. The van der Waals surface area contributed by atoms with Crippen LogP contribution in [0.15, 0.2) is 4.99 Å². The topological polar surface area (TPSA) is 26.5 Å². The van der Waals surface area contributed by atoms with Crippen LogP contribution < -0.4 is 5.32 Å². The van der Waals surface area contributed by atoms with Crippen molar-refractivity contribution in [2.45, 2.75) is 18.3 Å². The second-order valence-electron chi connectivity index (χ2n) is 2.07. The molecular weight excluding hydrogens is 164 g/mol. The SMILES string of the molecule is FCC1N=[C][N]C1C(F)(F)F. The molecule has 1 heterocycles. The van der Waals surface area contributed by atoms with E-state index in [9.17, 15) is 17.6 Å². The summed E-state index contributed by atoms with van der Waals surface area (Å²) in [5.41, 5.74) is 0. The molecule has 0 saturated heterocycles. The molecule has 0 saturated carbocycles. The molecule has 6 heteroatoms. The van der Waals surface area contributed by atoms with Crippen molar-refractivity contribution in [3.8, 4) is 0 Å². The summed E-state index contributed by atoms with van der Waals surface area (Å²) >= 11 is 0. The van der Waals surface area contributed by atoms with Gasteiger partial charge in [0.15, 0.2) is 12.4 Å². The molecule has 0 fully saturated rings. The zero-order chi connectivity index (χ0) is 8.48. The second-order valence-corrected chi connectivity index (χ2v) is 2.07. The average molecular weight is 168 g/mol. The molecule has 1 aliphatic rings. The third-order valence-corrected chi connectivity index (χ3v) is 1.28. The van der Waals surface area contributed by atoms with Crippen LogP contribution in [0.25, 0.3) is 0 Å². The van der Waals surface area contributed by atoms with Crippen molar-refractivity contribution < 1.29 is 17.6 Å². The highest BCUT2D eigenvalue weighted by atomic mass is 19.4. The molecule has 0 aliphatic carbocycles. The van der Waals surface area contributed by atoms with E-state index in [0.717, 1.165) is 0 Å². The molecule has 1 rings (SSSR count). The number of nitrogens with zero attached hydrogens (tertiary/aromatic N) is 2. The lowest BCUT2D eigenvalue weighted by Crippen LogP contribution is -2.42. The predicted octanol–water partition coefficient (Wildman–Crippen LogP) is 0.779. The fourth-order valence-corrected chi connectivity index (χ4v) is 0.737. The quantitative estimate of drug-likeness (QED) is 0.517. The molecule has 2 radical (unpaired) electrons. The molecule has 2 unspecified atom stereocenters. The Morgan fingerprint density at radius 2 is 2.00 bits per heavy atom. The third-order valence-electron chi connectivity index (χ3n) is 1.28. The summed E-state index contributed by atoms with van der Waals surface area (Å²) in [5.74, 6) is 0. The highest BCUT2D eigenvalue weighted by Gasteiger charge is 2.48. The minimum atomic E-state index is -4.51. The minimum Gasteiger partial charge on any atom is -0.255 e. The number of rotatable bonds is 1. The fraction of sp³-hybridized carbons (Fsp3) is 0.800. The number of hydrogen-bond donors (Lipinski definition) is 0. The first-order valence-electron chi connectivity index (χ1n) is 2.83. The van der Waals surface area contributed by atoms with E-state index in [2.05, 4.69) is 10.3 Å². The van der Waals surface area contributed by atoms with Gasteiger partial charge in [0.1, 0.15) is 12.7 Å². The van der Waals surface area contributed by atoms with E-state index in [4.69, 9.17) is 0 Å². The zero-order valence-electron chi connectivity index (χ0n) is 5.27. The van der Waals surface area contributed by atoms with Gasteiger partial charge in [0.25, 0.3) is 0 Å². The largest absolute Gasteiger partial charge is 0.413 e. The van der Waals surface area contributed by atoms with Crippen LogP contribution in [-0.4, -0.2) is 31.3 Å². The van der Waals surface area contributed by atoms with Gasteiger partial charge in [-0.1, -0.05) is 0 Å². The van der Waals surface area contributed by atoms with Crippen molar-refractivity contribution in [3.63, 3.8) is 0 Å². The van der Waals surface area contributed by atoms with Gasteiger partial charge < -0.3 is 0 Å². The van der Waals surface area contributed by atoms with E-state index in [1.807, 2.05) is 0 Å². The van der Waals surface area contributed by atoms with E-state index in [1.54, 1.807) is 6.34 Å². The summed E-state index contributed by atoms with van der Waals surface area (Å²) in [4.78, 5) is 3.09. The number of halogens is 4. The van der Waals surface area contributed by atoms with Crippen LogP contribution in [0.3, 0.4) is 0 Å². The van der Waals surface area contributed by atoms with Crippen LogP contribution in [0.1, 0.15) is 0 Å². The van der Waals surface area contributed by atoms with Crippen LogP contribution in [-0.2, 0) is 0 Å². The van der Waals surface area contributed by atoms with Gasteiger partial charge in [-0.2, -0.15) is 13.2 Å². The first kappa shape index (κ1) is 8.29. The lowest BCUT2D eigenvalue weighted by molar-refractivity contribution is -0.155. The van der Waals surface area contributed by atoms with Crippen molar-refractivity contribution in [3.05, 3.63) is 0 Å². The highest BCUT2D eigenvalue weighted by molar-refractivity contribution is 5.58. The Bertz CT molecular complexity index is 164. The second kappa shape index (κ2) is 2.67. The minimum absolute atomic E-state index is 1.15. The molecule has 0 bridgehead atoms. The fourth-order valence-electron chi connectivity index (χ4n) is 0.737. The highest BCUT2D eigenvalue weighted by Crippen LogP contribution is 2.26. The van der Waals surface area contributed by atoms with E-state index in [1.165, 1.54) is 0 Å². The molecule has 11 heavy (non-hydrogen) atoms. The van der Waals surface area contributed by atoms with E-state index < -0.39 is 24.9 Å². The van der Waals surface area contributed by atoms with Crippen molar-refractivity contribution >= 4 is 6.34 Å². The molecule has 1 aliphatic heterocycles. The molecular formula is C5H4F4N2. The molecule has 0 aromatic rings. The maximum atomic E-state index is 11.8. The van der Waals surface area contributed by atoms with E-state index >= 15 is 0 Å². The maximum Gasteiger partial charge on any atom is 0.413 e. The van der Waals surface area contributed by atoms with Crippen LogP contribution in [0.2, 0.25) is 0 Å². The van der Waals surface area contributed by atoms with E-state index in [-0.39, 0.29) is 0 Å². The zero-order valence-corrected chi connectivity index (χ0v) is 5.27. The Hall–Kier alpha value is -0.810. The van der Waals surface area contributed by atoms with Crippen molar-refractivity contribution in [2.24, 2.45) is 4.99 Å². The summed E-state index contributed by atoms with van der Waals surface area (Å²) in [6.45, 7) is -1.15. The van der Waals surface area contributed by atoms with Crippen molar-refractivity contribution in [1.29, 1.82) is 0 Å². The van der Waals surface area contributed by atoms with Gasteiger partial charge in [0.2, 0.25) is 0 Å². The first-order valence-corrected chi connectivity index (χ1v) is 2.83. The van der Waals surface area contributed by atoms with E-state index in [0.29, 0.717) is 0 Å². The van der Waals surface area contributed by atoms with Gasteiger partial charge >= 0.3 is 6.18 Å². The first-order chi connectivity index (χ1) is 5.05. The lowest BCUT2D eigenvalue weighted by atomic mass is 10.1. The standard InChI is InChI=1S/C5H4F4N2/c6-1-3-4(5(7,8)9)11-2-10-3/h3-4H,1H2. The molecule has 0 amide bonds. The average Bonchev–Trinajstić information content (AvgIpc) is 2.31. The molecule has 0 aromatic heterocycles. The summed E-state index contributed by atoms with van der Waals surface area (Å²) in [5, 5.41) is 2.88. The summed E-state index contributed by atoms with van der Waals surface area (Å²) in [7, 11) is 0. The predicted molar refractivity (Wildman–Crippen MR) is 29.2 cm³/mol. The summed E-state index contributed by atoms with van der Waals surface area (Å²) in [6.07, 6.45) is -2.74. The van der Waals surface area contributed by atoms with Crippen LogP contribution in [0.4, 0.5) is 17.6 Å². The van der Waals surface area contributed by atoms with Crippen molar-refractivity contribution in [2.75, 3.05) is 6.67 Å². The Labute approximate surface area is 60.3 Å². The normalized spacial score (nSPS) is 30.5. The molecule has 2 nitrogen and oxygen atoms in total. The molecule has 0 N–H and O–H groups in total. The Kier molecular flexibility index (Phi) is 2.01. The van der Waals surface area contributed by atoms with Crippen molar-refractivity contribution in [1.82, 2.24) is 5.32 Å². The van der Waals surface area contributed by atoms with Crippen LogP contribution >= 0.6 is 0 Å². The van der Waals surface area contributed by atoms with Gasteiger partial charge in [0, 0.05) is 0 Å². The smallest absolute Gasteiger partial charge is 0.255 e. The number of alkyl halides is 4. The lowest BCUT2D eigenvalue weighted by Gasteiger charge is -2.16. The van der Waals surface area contributed by atoms with Gasteiger partial charge in [-0.15, -0.1) is 0 Å². The molecule has 0 aromatic carbocycles. The van der Waals surface area contributed by atoms with Gasteiger partial charge in [-0.25, -0.2) is 9.71 Å². The number of hydrogen-bond acceptors (Lipinski definition) is 1. The van der Waals surface area contributed by atoms with Gasteiger partial charge in [-0.05, 0) is 0 Å². The monoisotopic (exact) mass is 168 g/mol. The number of aliphatic imine (C=N–C) groups is 1. The summed E-state index contributed by atoms with van der Waals surface area (Å²) < 4.78 is 47.3.